The SMILES string of the molecule is COc1ccccc1Nc1cc(-c2ccccn2)nc(N[C@@H](C)CO)n1. The third kappa shape index (κ3) is 4.25. The molecule has 2 heterocycles. The van der Waals surface area contributed by atoms with Crippen molar-refractivity contribution in [2.75, 3.05) is 24.4 Å². The molecule has 0 saturated heterocycles. The zero-order valence-corrected chi connectivity index (χ0v) is 14.7. The number of pyridine rings is 1. The van der Waals surface area contributed by atoms with Crippen LogP contribution in [0.2, 0.25) is 0 Å². The van der Waals surface area contributed by atoms with Crippen molar-refractivity contribution in [3.8, 4) is 17.1 Å². The number of para-hydroxylation sites is 2. The smallest absolute Gasteiger partial charge is 0.225 e. The Morgan fingerprint density at radius 1 is 1.08 bits per heavy atom. The molecular weight excluding hydrogens is 330 g/mol. The first-order chi connectivity index (χ1) is 12.7. The molecular formula is C19H21N5O2. The number of nitrogens with one attached hydrogen (secondary N) is 2. The highest BCUT2D eigenvalue weighted by Gasteiger charge is 2.11. The Morgan fingerprint density at radius 3 is 2.62 bits per heavy atom. The molecule has 0 spiro atoms. The van der Waals surface area contributed by atoms with Crippen LogP contribution in [-0.2, 0) is 0 Å². The van der Waals surface area contributed by atoms with Crippen LogP contribution in [0.25, 0.3) is 11.4 Å². The molecule has 3 aromatic rings. The second kappa shape index (κ2) is 8.26. The second-order valence-corrected chi connectivity index (χ2v) is 5.73. The number of methoxy groups -OCH3 is 1. The summed E-state index contributed by atoms with van der Waals surface area (Å²) in [5, 5.41) is 15.6. The fourth-order valence-corrected chi connectivity index (χ4v) is 2.37. The minimum atomic E-state index is -0.173. The Morgan fingerprint density at radius 2 is 1.88 bits per heavy atom. The number of aromatic nitrogens is 3. The van der Waals surface area contributed by atoms with E-state index in [4.69, 9.17) is 4.74 Å². The summed E-state index contributed by atoms with van der Waals surface area (Å²) in [4.78, 5) is 13.3. The van der Waals surface area contributed by atoms with Crippen LogP contribution in [0.3, 0.4) is 0 Å². The van der Waals surface area contributed by atoms with Crippen LogP contribution in [-0.4, -0.2) is 39.8 Å². The number of hydrogen-bond donors (Lipinski definition) is 3. The van der Waals surface area contributed by atoms with E-state index in [1.54, 1.807) is 13.3 Å². The summed E-state index contributed by atoms with van der Waals surface area (Å²) in [7, 11) is 1.62. The molecule has 0 aliphatic heterocycles. The number of benzene rings is 1. The summed E-state index contributed by atoms with van der Waals surface area (Å²) in [5.41, 5.74) is 2.20. The molecule has 0 aliphatic rings. The lowest BCUT2D eigenvalue weighted by Gasteiger charge is -2.15. The number of anilines is 3. The van der Waals surface area contributed by atoms with Gasteiger partial charge in [0, 0.05) is 18.3 Å². The normalized spacial score (nSPS) is 11.7. The minimum Gasteiger partial charge on any atom is -0.495 e. The summed E-state index contributed by atoms with van der Waals surface area (Å²) in [6.45, 7) is 1.83. The van der Waals surface area contributed by atoms with Gasteiger partial charge in [-0.1, -0.05) is 18.2 Å². The maximum Gasteiger partial charge on any atom is 0.225 e. The van der Waals surface area contributed by atoms with Crippen LogP contribution in [0, 0.1) is 0 Å². The first kappa shape index (κ1) is 17.6. The third-order valence-corrected chi connectivity index (χ3v) is 3.67. The molecule has 0 radical (unpaired) electrons. The molecule has 3 N–H and O–H groups in total. The lowest BCUT2D eigenvalue weighted by atomic mass is 10.2. The van der Waals surface area contributed by atoms with Crippen molar-refractivity contribution in [2.24, 2.45) is 0 Å². The van der Waals surface area contributed by atoms with Gasteiger partial charge in [0.1, 0.15) is 11.6 Å². The lowest BCUT2D eigenvalue weighted by molar-refractivity contribution is 0.281. The summed E-state index contributed by atoms with van der Waals surface area (Å²) < 4.78 is 5.38. The summed E-state index contributed by atoms with van der Waals surface area (Å²) in [6.07, 6.45) is 1.72. The summed E-state index contributed by atoms with van der Waals surface area (Å²) >= 11 is 0. The number of aliphatic hydroxyl groups excluding tert-OH is 1. The van der Waals surface area contributed by atoms with E-state index in [9.17, 15) is 5.11 Å². The van der Waals surface area contributed by atoms with Crippen molar-refractivity contribution in [3.63, 3.8) is 0 Å². The van der Waals surface area contributed by atoms with E-state index in [2.05, 4.69) is 25.6 Å². The van der Waals surface area contributed by atoms with E-state index >= 15 is 0 Å². The molecule has 1 atom stereocenters. The van der Waals surface area contributed by atoms with Gasteiger partial charge in [-0.15, -0.1) is 0 Å². The Hall–Kier alpha value is -3.19. The number of ether oxygens (including phenoxy) is 1. The molecule has 2 aromatic heterocycles. The predicted molar refractivity (Wildman–Crippen MR) is 102 cm³/mol. The topological polar surface area (TPSA) is 92.2 Å². The predicted octanol–water partition coefficient (Wildman–Crippen LogP) is 3.08. The highest BCUT2D eigenvalue weighted by Crippen LogP contribution is 2.28. The lowest BCUT2D eigenvalue weighted by Crippen LogP contribution is -2.21. The van der Waals surface area contributed by atoms with Crippen LogP contribution < -0.4 is 15.4 Å². The van der Waals surface area contributed by atoms with Gasteiger partial charge in [0.25, 0.3) is 0 Å². The number of aliphatic hydroxyl groups is 1. The molecule has 0 fully saturated rings. The maximum atomic E-state index is 9.29. The van der Waals surface area contributed by atoms with Crippen molar-refractivity contribution in [2.45, 2.75) is 13.0 Å². The van der Waals surface area contributed by atoms with Crippen molar-refractivity contribution in [1.82, 2.24) is 15.0 Å². The fraction of sp³-hybridized carbons (Fsp3) is 0.211. The molecule has 26 heavy (non-hydrogen) atoms. The van der Waals surface area contributed by atoms with E-state index in [-0.39, 0.29) is 12.6 Å². The van der Waals surface area contributed by atoms with Gasteiger partial charge in [-0.2, -0.15) is 4.98 Å². The minimum absolute atomic E-state index is 0.0214. The summed E-state index contributed by atoms with van der Waals surface area (Å²) in [5.74, 6) is 1.72. The van der Waals surface area contributed by atoms with Gasteiger partial charge in [-0.3, -0.25) is 4.98 Å². The molecule has 7 heteroatoms. The van der Waals surface area contributed by atoms with E-state index in [1.165, 1.54) is 0 Å². The Balaban J connectivity index is 1.99. The van der Waals surface area contributed by atoms with E-state index in [1.807, 2.05) is 55.5 Å². The van der Waals surface area contributed by atoms with E-state index in [0.717, 1.165) is 11.4 Å². The number of rotatable bonds is 7. The highest BCUT2D eigenvalue weighted by molar-refractivity contribution is 5.68. The van der Waals surface area contributed by atoms with Gasteiger partial charge in [-0.05, 0) is 31.2 Å². The van der Waals surface area contributed by atoms with Gasteiger partial charge in [0.2, 0.25) is 5.95 Å². The molecule has 0 amide bonds. The van der Waals surface area contributed by atoms with Crippen LogP contribution in [0.1, 0.15) is 6.92 Å². The molecule has 3 rings (SSSR count). The molecule has 0 aliphatic carbocycles. The van der Waals surface area contributed by atoms with Crippen LogP contribution in [0.15, 0.2) is 54.7 Å². The van der Waals surface area contributed by atoms with Crippen molar-refractivity contribution in [1.29, 1.82) is 0 Å². The monoisotopic (exact) mass is 351 g/mol. The van der Waals surface area contributed by atoms with Crippen molar-refractivity contribution >= 4 is 17.5 Å². The first-order valence-corrected chi connectivity index (χ1v) is 8.27. The number of nitrogens with zero attached hydrogens (tertiary/aromatic N) is 3. The second-order valence-electron chi connectivity index (χ2n) is 5.73. The third-order valence-electron chi connectivity index (χ3n) is 3.67. The molecule has 7 nitrogen and oxygen atoms in total. The molecule has 134 valence electrons. The Kier molecular flexibility index (Phi) is 5.60. The van der Waals surface area contributed by atoms with Crippen LogP contribution in [0.4, 0.5) is 17.5 Å². The quantitative estimate of drug-likeness (QED) is 0.602. The fourth-order valence-electron chi connectivity index (χ4n) is 2.37. The Labute approximate surface area is 152 Å². The Bertz CT molecular complexity index is 858. The van der Waals surface area contributed by atoms with Gasteiger partial charge < -0.3 is 20.5 Å². The zero-order valence-electron chi connectivity index (χ0n) is 14.7. The standard InChI is InChI=1S/C19H21N5O2/c1-13(12-25)21-19-23-16(14-7-5-6-10-20-14)11-18(24-19)22-15-8-3-4-9-17(15)26-2/h3-11,13,25H,12H2,1-2H3,(H2,21,22,23,24)/t13-/m0/s1. The van der Waals surface area contributed by atoms with Gasteiger partial charge in [-0.25, -0.2) is 4.98 Å². The molecule has 0 bridgehead atoms. The van der Waals surface area contributed by atoms with Crippen molar-refractivity contribution in [3.05, 3.63) is 54.7 Å². The van der Waals surface area contributed by atoms with Crippen molar-refractivity contribution < 1.29 is 9.84 Å². The average Bonchev–Trinajstić information content (AvgIpc) is 2.69. The maximum absolute atomic E-state index is 9.29. The van der Waals surface area contributed by atoms with E-state index in [0.29, 0.717) is 23.2 Å². The van der Waals surface area contributed by atoms with Gasteiger partial charge in [0.15, 0.2) is 0 Å². The van der Waals surface area contributed by atoms with E-state index < -0.39 is 0 Å². The van der Waals surface area contributed by atoms with Gasteiger partial charge in [0.05, 0.1) is 30.8 Å². The molecule has 0 unspecified atom stereocenters. The molecule has 0 saturated carbocycles. The first-order valence-electron chi connectivity index (χ1n) is 8.27. The summed E-state index contributed by atoms with van der Waals surface area (Å²) in [6, 6.07) is 14.9. The highest BCUT2D eigenvalue weighted by atomic mass is 16.5. The van der Waals surface area contributed by atoms with Gasteiger partial charge >= 0.3 is 0 Å². The van der Waals surface area contributed by atoms with Crippen LogP contribution >= 0.6 is 0 Å². The zero-order chi connectivity index (χ0) is 18.4. The number of hydrogen-bond acceptors (Lipinski definition) is 7. The molecule has 1 aromatic carbocycles. The largest absolute Gasteiger partial charge is 0.495 e. The average molecular weight is 351 g/mol. The van der Waals surface area contributed by atoms with Crippen LogP contribution in [0.5, 0.6) is 5.75 Å².